The molecule has 1 N–H and O–H groups in total. The Bertz CT molecular complexity index is 582. The second-order valence-corrected chi connectivity index (χ2v) is 5.25. The van der Waals surface area contributed by atoms with Crippen molar-refractivity contribution in [2.75, 3.05) is 0 Å². The van der Waals surface area contributed by atoms with Gasteiger partial charge in [0.2, 0.25) is 0 Å². The summed E-state index contributed by atoms with van der Waals surface area (Å²) in [5.74, 6) is 0.974. The fourth-order valence-electron chi connectivity index (χ4n) is 2.69. The summed E-state index contributed by atoms with van der Waals surface area (Å²) in [4.78, 5) is 0. The Morgan fingerprint density at radius 2 is 1.89 bits per heavy atom. The van der Waals surface area contributed by atoms with Gasteiger partial charge in [-0.25, -0.2) is 0 Å². The van der Waals surface area contributed by atoms with Crippen LogP contribution in [0.5, 0.6) is 11.5 Å². The van der Waals surface area contributed by atoms with Gasteiger partial charge in [-0.05, 0) is 60.6 Å². The van der Waals surface area contributed by atoms with Crippen LogP contribution in [0.3, 0.4) is 0 Å². The van der Waals surface area contributed by atoms with Crippen molar-refractivity contribution >= 4 is 0 Å². The van der Waals surface area contributed by atoms with E-state index < -0.39 is 0 Å². The zero-order valence-corrected chi connectivity index (χ0v) is 11.1. The van der Waals surface area contributed by atoms with Gasteiger partial charge in [0.05, 0.1) is 0 Å². The molecule has 19 heavy (non-hydrogen) atoms. The van der Waals surface area contributed by atoms with Crippen LogP contribution in [0.4, 0.5) is 0 Å². The Hall–Kier alpha value is -1.96. The predicted octanol–water partition coefficient (Wildman–Crippen LogP) is 3.77. The smallest absolute Gasteiger partial charge is 0.123 e. The maximum atomic E-state index is 9.54. The summed E-state index contributed by atoms with van der Waals surface area (Å²) in [7, 11) is 0. The zero-order chi connectivity index (χ0) is 13.2. The predicted molar refractivity (Wildman–Crippen MR) is 75.6 cm³/mol. The van der Waals surface area contributed by atoms with Crippen LogP contribution in [0, 0.1) is 6.92 Å². The monoisotopic (exact) mass is 254 g/mol. The number of ether oxygens (including phenoxy) is 1. The minimum atomic E-state index is 0.254. The Morgan fingerprint density at radius 1 is 1.05 bits per heavy atom. The van der Waals surface area contributed by atoms with Crippen LogP contribution in [-0.4, -0.2) is 5.11 Å². The molecule has 98 valence electrons. The van der Waals surface area contributed by atoms with E-state index in [-0.39, 0.29) is 5.75 Å². The van der Waals surface area contributed by atoms with Crippen molar-refractivity contribution < 1.29 is 9.84 Å². The van der Waals surface area contributed by atoms with E-state index in [0.717, 1.165) is 11.3 Å². The molecule has 2 nitrogen and oxygen atoms in total. The number of aromatic hydroxyl groups is 1. The van der Waals surface area contributed by atoms with Crippen LogP contribution in [-0.2, 0) is 19.4 Å². The van der Waals surface area contributed by atoms with Crippen LogP contribution in [0.25, 0.3) is 0 Å². The topological polar surface area (TPSA) is 29.5 Å². The summed E-state index contributed by atoms with van der Waals surface area (Å²) in [5.41, 5.74) is 5.15. The molecule has 1 aliphatic carbocycles. The van der Waals surface area contributed by atoms with Crippen molar-refractivity contribution in [1.82, 2.24) is 0 Å². The first kappa shape index (κ1) is 12.1. The number of rotatable bonds is 3. The highest BCUT2D eigenvalue weighted by Gasteiger charge is 2.10. The molecule has 0 bridgehead atoms. The second-order valence-electron chi connectivity index (χ2n) is 5.25. The number of benzene rings is 2. The summed E-state index contributed by atoms with van der Waals surface area (Å²) in [6.07, 6.45) is 3.67. The molecule has 0 fully saturated rings. The lowest BCUT2D eigenvalue weighted by Crippen LogP contribution is -1.97. The number of phenols is 1. The van der Waals surface area contributed by atoms with Crippen molar-refractivity contribution in [3.8, 4) is 11.5 Å². The average Bonchev–Trinajstić information content (AvgIpc) is 2.82. The van der Waals surface area contributed by atoms with E-state index in [1.54, 1.807) is 12.1 Å². The molecule has 0 saturated heterocycles. The lowest BCUT2D eigenvalue weighted by Gasteiger charge is -2.09. The van der Waals surface area contributed by atoms with E-state index in [9.17, 15) is 5.11 Å². The second kappa shape index (κ2) is 4.96. The first-order chi connectivity index (χ1) is 9.20. The van der Waals surface area contributed by atoms with E-state index in [1.165, 1.54) is 36.0 Å². The highest BCUT2D eigenvalue weighted by Crippen LogP contribution is 2.25. The molecule has 2 aromatic rings. The number of aryl methyl sites for hydroxylation is 3. The maximum Gasteiger partial charge on any atom is 0.123 e. The highest BCUT2D eigenvalue weighted by molar-refractivity contribution is 5.38. The molecule has 0 heterocycles. The molecule has 3 rings (SSSR count). The standard InChI is InChI=1S/C17H18O2/c1-12-7-16(18)10-17(8-12)19-11-13-5-6-14-3-2-4-15(14)9-13/h5-10,18H,2-4,11H2,1H3. The molecule has 2 heteroatoms. The number of phenolic OH excluding ortho intramolecular Hbond substituents is 1. The van der Waals surface area contributed by atoms with Crippen LogP contribution < -0.4 is 4.74 Å². The van der Waals surface area contributed by atoms with Gasteiger partial charge in [-0.2, -0.15) is 0 Å². The molecule has 0 atom stereocenters. The molecule has 0 spiro atoms. The number of hydrogen-bond acceptors (Lipinski definition) is 2. The third-order valence-electron chi connectivity index (χ3n) is 3.60. The molecule has 1 aliphatic rings. The zero-order valence-electron chi connectivity index (χ0n) is 11.1. The molecule has 0 radical (unpaired) electrons. The van der Waals surface area contributed by atoms with Gasteiger partial charge in [-0.15, -0.1) is 0 Å². The van der Waals surface area contributed by atoms with E-state index >= 15 is 0 Å². The third kappa shape index (κ3) is 2.73. The van der Waals surface area contributed by atoms with Gasteiger partial charge >= 0.3 is 0 Å². The normalized spacial score (nSPS) is 13.3. The van der Waals surface area contributed by atoms with E-state index in [2.05, 4.69) is 18.2 Å². The Kier molecular flexibility index (Phi) is 3.16. The van der Waals surface area contributed by atoms with Crippen molar-refractivity contribution in [3.63, 3.8) is 0 Å². The van der Waals surface area contributed by atoms with Gasteiger partial charge < -0.3 is 9.84 Å². The fraction of sp³-hybridized carbons (Fsp3) is 0.294. The molecule has 0 saturated carbocycles. The van der Waals surface area contributed by atoms with E-state index in [0.29, 0.717) is 6.61 Å². The largest absolute Gasteiger partial charge is 0.508 e. The van der Waals surface area contributed by atoms with Crippen LogP contribution in [0.15, 0.2) is 36.4 Å². The number of hydrogen-bond donors (Lipinski definition) is 1. The molecule has 0 amide bonds. The van der Waals surface area contributed by atoms with Gasteiger partial charge in [-0.1, -0.05) is 18.2 Å². The molecular formula is C17H18O2. The third-order valence-corrected chi connectivity index (χ3v) is 3.60. The molecule has 0 aromatic heterocycles. The van der Waals surface area contributed by atoms with Crippen molar-refractivity contribution in [2.45, 2.75) is 32.8 Å². The van der Waals surface area contributed by atoms with Crippen molar-refractivity contribution in [1.29, 1.82) is 0 Å². The lowest BCUT2D eigenvalue weighted by atomic mass is 10.1. The summed E-state index contributed by atoms with van der Waals surface area (Å²) in [5, 5.41) is 9.54. The first-order valence-corrected chi connectivity index (χ1v) is 6.75. The van der Waals surface area contributed by atoms with Gasteiger partial charge in [0, 0.05) is 6.07 Å². The summed E-state index contributed by atoms with van der Waals surface area (Å²) < 4.78 is 5.75. The minimum absolute atomic E-state index is 0.254. The van der Waals surface area contributed by atoms with Crippen LogP contribution in [0.1, 0.15) is 28.7 Å². The fourth-order valence-corrected chi connectivity index (χ4v) is 2.69. The van der Waals surface area contributed by atoms with E-state index in [4.69, 9.17) is 4.74 Å². The molecule has 0 aliphatic heterocycles. The molecule has 2 aromatic carbocycles. The summed E-state index contributed by atoms with van der Waals surface area (Å²) in [6.45, 7) is 2.50. The Balaban J connectivity index is 1.72. The summed E-state index contributed by atoms with van der Waals surface area (Å²) in [6, 6.07) is 11.9. The minimum Gasteiger partial charge on any atom is -0.508 e. The maximum absolute atomic E-state index is 9.54. The van der Waals surface area contributed by atoms with Crippen molar-refractivity contribution in [3.05, 3.63) is 58.7 Å². The van der Waals surface area contributed by atoms with Gasteiger partial charge in [-0.3, -0.25) is 0 Å². The molecule has 0 unspecified atom stereocenters. The average molecular weight is 254 g/mol. The van der Waals surface area contributed by atoms with Gasteiger partial charge in [0.15, 0.2) is 0 Å². The van der Waals surface area contributed by atoms with Gasteiger partial charge in [0.25, 0.3) is 0 Å². The van der Waals surface area contributed by atoms with Crippen LogP contribution in [0.2, 0.25) is 0 Å². The number of fused-ring (bicyclic) bond motifs is 1. The summed E-state index contributed by atoms with van der Waals surface area (Å²) >= 11 is 0. The van der Waals surface area contributed by atoms with Gasteiger partial charge in [0.1, 0.15) is 18.1 Å². The van der Waals surface area contributed by atoms with Crippen molar-refractivity contribution in [2.24, 2.45) is 0 Å². The first-order valence-electron chi connectivity index (χ1n) is 6.75. The Morgan fingerprint density at radius 3 is 2.74 bits per heavy atom. The Labute approximate surface area is 113 Å². The lowest BCUT2D eigenvalue weighted by molar-refractivity contribution is 0.304. The highest BCUT2D eigenvalue weighted by atomic mass is 16.5. The quantitative estimate of drug-likeness (QED) is 0.903. The molecular weight excluding hydrogens is 236 g/mol. The SMILES string of the molecule is Cc1cc(O)cc(OCc2ccc3c(c2)CCC3)c1. The van der Waals surface area contributed by atoms with E-state index in [1.807, 2.05) is 13.0 Å². The van der Waals surface area contributed by atoms with Crippen LogP contribution >= 0.6 is 0 Å².